The number of hydrogen-bond acceptors (Lipinski definition) is 4. The summed E-state index contributed by atoms with van der Waals surface area (Å²) in [4.78, 5) is 10.9. The van der Waals surface area contributed by atoms with Gasteiger partial charge in [-0.05, 0) is 12.5 Å². The van der Waals surface area contributed by atoms with Crippen LogP contribution >= 0.6 is 0 Å². The molecule has 1 aromatic carbocycles. The molecule has 0 aliphatic carbocycles. The molecule has 1 saturated heterocycles. The zero-order valence-electron chi connectivity index (χ0n) is 10.8. The Morgan fingerprint density at radius 2 is 2.00 bits per heavy atom. The first-order valence-electron chi connectivity index (χ1n) is 5.94. The van der Waals surface area contributed by atoms with Crippen LogP contribution in [0.4, 0.5) is 4.39 Å². The molecule has 104 valence electrons. The summed E-state index contributed by atoms with van der Waals surface area (Å²) in [6.45, 7) is 0.341. The second-order valence-corrected chi connectivity index (χ2v) is 4.46. The summed E-state index contributed by atoms with van der Waals surface area (Å²) in [5, 5.41) is 12.0. The number of rotatable bonds is 4. The SMILES string of the molecule is COc1cc(F)c(C2CC(C(=O)O)CN2)cc1OC. The minimum Gasteiger partial charge on any atom is -0.493 e. The quantitative estimate of drug-likeness (QED) is 0.868. The Morgan fingerprint density at radius 1 is 1.37 bits per heavy atom. The Balaban J connectivity index is 2.28. The average molecular weight is 269 g/mol. The van der Waals surface area contributed by atoms with Crippen LogP contribution in [-0.2, 0) is 4.79 Å². The van der Waals surface area contributed by atoms with Crippen LogP contribution in [0.2, 0.25) is 0 Å². The summed E-state index contributed by atoms with van der Waals surface area (Å²) in [7, 11) is 2.91. The van der Waals surface area contributed by atoms with E-state index in [1.54, 1.807) is 6.07 Å². The molecule has 0 aromatic heterocycles. The molecule has 19 heavy (non-hydrogen) atoms. The highest BCUT2D eigenvalue weighted by molar-refractivity contribution is 5.70. The number of carbonyl (C=O) groups is 1. The number of ether oxygens (including phenoxy) is 2. The highest BCUT2D eigenvalue weighted by Gasteiger charge is 2.32. The Labute approximate surface area is 110 Å². The number of nitrogens with one attached hydrogen (secondary N) is 1. The van der Waals surface area contributed by atoms with E-state index < -0.39 is 17.7 Å². The molecular weight excluding hydrogens is 253 g/mol. The van der Waals surface area contributed by atoms with E-state index in [9.17, 15) is 9.18 Å². The van der Waals surface area contributed by atoms with E-state index >= 15 is 0 Å². The number of carboxylic acid groups (broad SMARTS) is 1. The topological polar surface area (TPSA) is 67.8 Å². The monoisotopic (exact) mass is 269 g/mol. The first-order valence-corrected chi connectivity index (χ1v) is 5.94. The van der Waals surface area contributed by atoms with E-state index in [2.05, 4.69) is 5.32 Å². The number of hydrogen-bond donors (Lipinski definition) is 2. The lowest BCUT2D eigenvalue weighted by atomic mass is 9.99. The van der Waals surface area contributed by atoms with Crippen LogP contribution in [0, 0.1) is 11.7 Å². The van der Waals surface area contributed by atoms with E-state index in [4.69, 9.17) is 14.6 Å². The summed E-state index contributed by atoms with van der Waals surface area (Å²) in [6, 6.07) is 2.49. The maximum atomic E-state index is 14.0. The molecule has 0 saturated carbocycles. The third-order valence-corrected chi connectivity index (χ3v) is 3.36. The van der Waals surface area contributed by atoms with Crippen molar-refractivity contribution in [3.63, 3.8) is 0 Å². The van der Waals surface area contributed by atoms with Crippen molar-refractivity contribution >= 4 is 5.97 Å². The molecule has 2 unspecified atom stereocenters. The van der Waals surface area contributed by atoms with Gasteiger partial charge in [-0.2, -0.15) is 0 Å². The summed E-state index contributed by atoms with van der Waals surface area (Å²) < 4.78 is 24.2. The van der Waals surface area contributed by atoms with Crippen molar-refractivity contribution in [2.75, 3.05) is 20.8 Å². The van der Waals surface area contributed by atoms with Gasteiger partial charge in [0.25, 0.3) is 0 Å². The minimum absolute atomic E-state index is 0.316. The number of carboxylic acids is 1. The Bertz CT molecular complexity index is 492. The molecular formula is C13H16FNO4. The molecule has 2 rings (SSSR count). The van der Waals surface area contributed by atoms with E-state index in [1.807, 2.05) is 0 Å². The smallest absolute Gasteiger partial charge is 0.307 e. The Kier molecular flexibility index (Phi) is 3.90. The fourth-order valence-electron chi connectivity index (χ4n) is 2.30. The molecule has 0 spiro atoms. The molecule has 1 aliphatic heterocycles. The molecule has 2 atom stereocenters. The van der Waals surface area contributed by atoms with Crippen molar-refractivity contribution in [1.29, 1.82) is 0 Å². The van der Waals surface area contributed by atoms with Crippen LogP contribution in [0.5, 0.6) is 11.5 Å². The first kappa shape index (κ1) is 13.6. The third kappa shape index (κ3) is 2.63. The number of halogens is 1. The van der Waals surface area contributed by atoms with Crippen LogP contribution in [0.3, 0.4) is 0 Å². The molecule has 1 fully saturated rings. The molecule has 5 nitrogen and oxygen atoms in total. The second-order valence-electron chi connectivity index (χ2n) is 4.46. The van der Waals surface area contributed by atoms with Gasteiger partial charge >= 0.3 is 5.97 Å². The van der Waals surface area contributed by atoms with Crippen molar-refractivity contribution in [3.8, 4) is 11.5 Å². The van der Waals surface area contributed by atoms with Gasteiger partial charge in [-0.15, -0.1) is 0 Å². The van der Waals surface area contributed by atoms with Crippen LogP contribution in [0.1, 0.15) is 18.0 Å². The first-order chi connectivity index (χ1) is 9.06. The number of aliphatic carboxylic acids is 1. The number of methoxy groups -OCH3 is 2. The fourth-order valence-corrected chi connectivity index (χ4v) is 2.30. The summed E-state index contributed by atoms with van der Waals surface area (Å²) >= 11 is 0. The molecule has 1 aromatic rings. The van der Waals surface area contributed by atoms with Crippen molar-refractivity contribution < 1.29 is 23.8 Å². The zero-order valence-corrected chi connectivity index (χ0v) is 10.8. The Hall–Kier alpha value is -1.82. The lowest BCUT2D eigenvalue weighted by Crippen LogP contribution is -2.17. The summed E-state index contributed by atoms with van der Waals surface area (Å²) in [5.74, 6) is -1.04. The summed E-state index contributed by atoms with van der Waals surface area (Å²) in [5.41, 5.74) is 0.404. The molecule has 6 heteroatoms. The fraction of sp³-hybridized carbons (Fsp3) is 0.462. The normalized spacial score (nSPS) is 22.3. The van der Waals surface area contributed by atoms with Gasteiger partial charge < -0.3 is 19.9 Å². The average Bonchev–Trinajstić information content (AvgIpc) is 2.87. The molecule has 0 amide bonds. The largest absolute Gasteiger partial charge is 0.493 e. The van der Waals surface area contributed by atoms with Gasteiger partial charge in [0.15, 0.2) is 11.5 Å². The molecule has 0 bridgehead atoms. The predicted octanol–water partition coefficient (Wildman–Crippen LogP) is 1.58. The molecule has 1 aliphatic rings. The van der Waals surface area contributed by atoms with E-state index in [0.29, 0.717) is 30.0 Å². The second kappa shape index (κ2) is 5.44. The van der Waals surface area contributed by atoms with Crippen LogP contribution in [0.25, 0.3) is 0 Å². The van der Waals surface area contributed by atoms with E-state index in [1.165, 1.54) is 20.3 Å². The van der Waals surface area contributed by atoms with E-state index in [0.717, 1.165) is 0 Å². The van der Waals surface area contributed by atoms with Crippen LogP contribution in [-0.4, -0.2) is 31.8 Å². The lowest BCUT2D eigenvalue weighted by molar-refractivity contribution is -0.141. The maximum Gasteiger partial charge on any atom is 0.307 e. The molecule has 0 radical (unpaired) electrons. The minimum atomic E-state index is -0.865. The van der Waals surface area contributed by atoms with Crippen LogP contribution in [0.15, 0.2) is 12.1 Å². The number of benzene rings is 1. The van der Waals surface area contributed by atoms with Crippen molar-refractivity contribution in [1.82, 2.24) is 5.32 Å². The van der Waals surface area contributed by atoms with Gasteiger partial charge in [-0.3, -0.25) is 4.79 Å². The van der Waals surface area contributed by atoms with Gasteiger partial charge in [0.1, 0.15) is 5.82 Å². The highest BCUT2D eigenvalue weighted by Crippen LogP contribution is 2.36. The van der Waals surface area contributed by atoms with E-state index in [-0.39, 0.29) is 6.04 Å². The maximum absolute atomic E-state index is 14.0. The standard InChI is InChI=1S/C13H16FNO4/c1-18-11-4-8(9(14)5-12(11)19-2)10-3-7(6-15-10)13(16)17/h4-5,7,10,15H,3,6H2,1-2H3,(H,16,17). The van der Waals surface area contributed by atoms with Gasteiger partial charge in [0.2, 0.25) is 0 Å². The van der Waals surface area contributed by atoms with Crippen molar-refractivity contribution in [2.24, 2.45) is 5.92 Å². The predicted molar refractivity (Wildman–Crippen MR) is 66.0 cm³/mol. The highest BCUT2D eigenvalue weighted by atomic mass is 19.1. The lowest BCUT2D eigenvalue weighted by Gasteiger charge is -2.15. The van der Waals surface area contributed by atoms with Crippen LogP contribution < -0.4 is 14.8 Å². The Morgan fingerprint density at radius 3 is 2.53 bits per heavy atom. The molecule has 1 heterocycles. The van der Waals surface area contributed by atoms with Gasteiger partial charge in [-0.1, -0.05) is 0 Å². The summed E-state index contributed by atoms with van der Waals surface area (Å²) in [6.07, 6.45) is 0.363. The van der Waals surface area contributed by atoms with Gasteiger partial charge in [0, 0.05) is 24.2 Å². The zero-order chi connectivity index (χ0) is 14.0. The third-order valence-electron chi connectivity index (χ3n) is 3.36. The van der Waals surface area contributed by atoms with Gasteiger partial charge in [0.05, 0.1) is 20.1 Å². The van der Waals surface area contributed by atoms with Gasteiger partial charge in [-0.25, -0.2) is 4.39 Å². The molecule has 2 N–H and O–H groups in total. The van der Waals surface area contributed by atoms with Crippen molar-refractivity contribution in [3.05, 3.63) is 23.5 Å². The van der Waals surface area contributed by atoms with Crippen molar-refractivity contribution in [2.45, 2.75) is 12.5 Å².